The second kappa shape index (κ2) is 13.0. The van der Waals surface area contributed by atoms with Crippen LogP contribution in [0.1, 0.15) is 57.2 Å². The molecule has 9 nitrogen and oxygen atoms in total. The highest BCUT2D eigenvalue weighted by molar-refractivity contribution is 7.89. The van der Waals surface area contributed by atoms with Crippen molar-refractivity contribution in [2.24, 2.45) is 0 Å². The Kier molecular flexibility index (Phi) is 9.65. The van der Waals surface area contributed by atoms with Gasteiger partial charge in [0.2, 0.25) is 10.0 Å². The van der Waals surface area contributed by atoms with E-state index in [0.29, 0.717) is 62.9 Å². The maximum Gasteiger partial charge on any atom is 0.338 e. The summed E-state index contributed by atoms with van der Waals surface area (Å²) in [4.78, 5) is 30.7. The number of nitrogens with zero attached hydrogens (tertiary/aromatic N) is 3. The Morgan fingerprint density at radius 1 is 1.00 bits per heavy atom. The molecule has 0 radical (unpaired) electrons. The summed E-state index contributed by atoms with van der Waals surface area (Å²) < 4.78 is 33.5. The van der Waals surface area contributed by atoms with Crippen LogP contribution in [0.3, 0.4) is 0 Å². The van der Waals surface area contributed by atoms with Gasteiger partial charge in [-0.3, -0.25) is 9.80 Å². The number of carbonyl (C=O) groups excluding carboxylic acids is 2. The SMILES string of the molecule is CCOC(=O)C1=C(CN2CCCN(S(=O)(=O)c3ccccc3)CC2)N(CC)C(=O)NC1c1ccc(C(C)C)cc1. The average molecular weight is 569 g/mol. The Morgan fingerprint density at radius 2 is 1.70 bits per heavy atom. The van der Waals surface area contributed by atoms with E-state index >= 15 is 0 Å². The van der Waals surface area contributed by atoms with Crippen LogP contribution >= 0.6 is 0 Å². The topological polar surface area (TPSA) is 99.3 Å². The third-order valence-corrected chi connectivity index (χ3v) is 9.40. The number of rotatable bonds is 9. The number of esters is 1. The number of urea groups is 1. The van der Waals surface area contributed by atoms with Gasteiger partial charge in [0.15, 0.2) is 0 Å². The summed E-state index contributed by atoms with van der Waals surface area (Å²) in [5, 5.41) is 3.02. The molecule has 10 heteroatoms. The first-order valence-electron chi connectivity index (χ1n) is 14.0. The van der Waals surface area contributed by atoms with Crippen molar-refractivity contribution in [3.63, 3.8) is 0 Å². The van der Waals surface area contributed by atoms with Crippen molar-refractivity contribution in [3.8, 4) is 0 Å². The van der Waals surface area contributed by atoms with Gasteiger partial charge in [0, 0.05) is 38.4 Å². The van der Waals surface area contributed by atoms with Crippen LogP contribution in [0.4, 0.5) is 4.79 Å². The molecule has 2 aromatic rings. The van der Waals surface area contributed by atoms with Crippen LogP contribution in [-0.2, 0) is 19.6 Å². The van der Waals surface area contributed by atoms with Gasteiger partial charge in [-0.15, -0.1) is 0 Å². The molecule has 2 amide bonds. The lowest BCUT2D eigenvalue weighted by Crippen LogP contribution is -2.51. The van der Waals surface area contributed by atoms with E-state index < -0.39 is 22.0 Å². The van der Waals surface area contributed by atoms with Gasteiger partial charge in [0.05, 0.1) is 23.1 Å². The Bertz CT molecular complexity index is 1330. The van der Waals surface area contributed by atoms with Gasteiger partial charge in [-0.1, -0.05) is 56.3 Å². The molecular weight excluding hydrogens is 528 g/mol. The number of carbonyl (C=O) groups is 2. The predicted octanol–water partition coefficient (Wildman–Crippen LogP) is 4.11. The number of hydrogen-bond acceptors (Lipinski definition) is 6. The van der Waals surface area contributed by atoms with E-state index in [9.17, 15) is 18.0 Å². The molecule has 0 aromatic heterocycles. The molecule has 0 aliphatic carbocycles. The van der Waals surface area contributed by atoms with E-state index in [-0.39, 0.29) is 17.5 Å². The highest BCUT2D eigenvalue weighted by Gasteiger charge is 2.38. The fraction of sp³-hybridized carbons (Fsp3) is 0.467. The van der Waals surface area contributed by atoms with E-state index in [1.54, 1.807) is 42.2 Å². The van der Waals surface area contributed by atoms with Crippen molar-refractivity contribution in [2.75, 3.05) is 45.9 Å². The maximum absolute atomic E-state index is 13.4. The number of nitrogens with one attached hydrogen (secondary N) is 1. The molecule has 2 aliphatic rings. The summed E-state index contributed by atoms with van der Waals surface area (Å²) in [5.74, 6) is -0.105. The monoisotopic (exact) mass is 568 g/mol. The summed E-state index contributed by atoms with van der Waals surface area (Å²) in [6.45, 7) is 10.6. The molecule has 1 saturated heterocycles. The van der Waals surface area contributed by atoms with Gasteiger partial charge in [-0.2, -0.15) is 4.31 Å². The molecule has 1 N–H and O–H groups in total. The van der Waals surface area contributed by atoms with Crippen LogP contribution in [0.5, 0.6) is 0 Å². The van der Waals surface area contributed by atoms with Crippen molar-refractivity contribution < 1.29 is 22.7 Å². The molecule has 1 atom stereocenters. The number of sulfonamides is 1. The van der Waals surface area contributed by atoms with Crippen LogP contribution in [0.2, 0.25) is 0 Å². The Labute approximate surface area is 237 Å². The molecule has 1 unspecified atom stereocenters. The summed E-state index contributed by atoms with van der Waals surface area (Å²) in [5.41, 5.74) is 2.99. The minimum Gasteiger partial charge on any atom is -0.463 e. The van der Waals surface area contributed by atoms with E-state index in [1.807, 2.05) is 31.2 Å². The molecule has 1 fully saturated rings. The first kappa shape index (κ1) is 29.8. The quantitative estimate of drug-likeness (QED) is 0.457. The predicted molar refractivity (Wildman–Crippen MR) is 154 cm³/mol. The minimum absolute atomic E-state index is 0.213. The molecule has 0 spiro atoms. The lowest BCUT2D eigenvalue weighted by Gasteiger charge is -2.38. The van der Waals surface area contributed by atoms with Crippen molar-refractivity contribution in [2.45, 2.75) is 51.0 Å². The van der Waals surface area contributed by atoms with Crippen LogP contribution in [-0.4, -0.2) is 80.4 Å². The molecule has 0 saturated carbocycles. The van der Waals surface area contributed by atoms with E-state index in [1.165, 1.54) is 9.87 Å². The summed E-state index contributed by atoms with van der Waals surface area (Å²) in [7, 11) is -3.61. The molecule has 2 heterocycles. The average Bonchev–Trinajstić information content (AvgIpc) is 3.19. The molecular formula is C30H40N4O5S. The van der Waals surface area contributed by atoms with E-state index in [0.717, 1.165) is 5.56 Å². The van der Waals surface area contributed by atoms with Gasteiger partial charge >= 0.3 is 12.0 Å². The smallest absolute Gasteiger partial charge is 0.338 e. The van der Waals surface area contributed by atoms with Gasteiger partial charge in [0.25, 0.3) is 0 Å². The lowest BCUT2D eigenvalue weighted by molar-refractivity contribution is -0.139. The van der Waals surface area contributed by atoms with Crippen LogP contribution in [0.15, 0.2) is 70.8 Å². The van der Waals surface area contributed by atoms with Gasteiger partial charge in [0.1, 0.15) is 0 Å². The van der Waals surface area contributed by atoms with Gasteiger partial charge < -0.3 is 10.1 Å². The molecule has 40 heavy (non-hydrogen) atoms. The van der Waals surface area contributed by atoms with Crippen molar-refractivity contribution >= 4 is 22.0 Å². The number of hydrogen-bond donors (Lipinski definition) is 1. The zero-order valence-electron chi connectivity index (χ0n) is 23.8. The first-order valence-corrected chi connectivity index (χ1v) is 15.5. The van der Waals surface area contributed by atoms with Crippen molar-refractivity contribution in [1.82, 2.24) is 19.4 Å². The van der Waals surface area contributed by atoms with Crippen LogP contribution < -0.4 is 5.32 Å². The fourth-order valence-electron chi connectivity index (χ4n) is 5.28. The third-order valence-electron chi connectivity index (χ3n) is 7.49. The van der Waals surface area contributed by atoms with Gasteiger partial charge in [-0.05, 0) is 56.0 Å². The Morgan fingerprint density at radius 3 is 2.33 bits per heavy atom. The zero-order chi connectivity index (χ0) is 28.9. The molecule has 2 aliphatic heterocycles. The molecule has 0 bridgehead atoms. The maximum atomic E-state index is 13.4. The van der Waals surface area contributed by atoms with Crippen LogP contribution in [0.25, 0.3) is 0 Å². The normalized spacial score (nSPS) is 19.5. The van der Waals surface area contributed by atoms with Crippen molar-refractivity contribution in [3.05, 3.63) is 77.0 Å². The molecule has 216 valence electrons. The minimum atomic E-state index is -3.61. The zero-order valence-corrected chi connectivity index (χ0v) is 24.6. The third kappa shape index (κ3) is 6.40. The first-order chi connectivity index (χ1) is 19.2. The highest BCUT2D eigenvalue weighted by Crippen LogP contribution is 2.33. The van der Waals surface area contributed by atoms with E-state index in [4.69, 9.17) is 4.74 Å². The number of benzene rings is 2. The summed E-state index contributed by atoms with van der Waals surface area (Å²) in [6.07, 6.45) is 0.631. The summed E-state index contributed by atoms with van der Waals surface area (Å²) >= 11 is 0. The second-order valence-electron chi connectivity index (χ2n) is 10.4. The van der Waals surface area contributed by atoms with Crippen LogP contribution in [0, 0.1) is 0 Å². The highest BCUT2D eigenvalue weighted by atomic mass is 32.2. The lowest BCUT2D eigenvalue weighted by atomic mass is 9.92. The van der Waals surface area contributed by atoms with Crippen molar-refractivity contribution in [1.29, 1.82) is 0 Å². The number of likely N-dealkylation sites (N-methyl/N-ethyl adjacent to an activating group) is 1. The standard InChI is InChI=1S/C30H40N4O5S/c1-5-34-26(21-32-17-10-18-33(20-19-32)40(37,38)25-11-8-7-9-12-25)27(29(35)39-6-2)28(31-30(34)36)24-15-13-23(14-16-24)22(3)4/h7-9,11-16,22,28H,5-6,10,17-21H2,1-4H3,(H,31,36). The van der Waals surface area contributed by atoms with Gasteiger partial charge in [-0.25, -0.2) is 18.0 Å². The Hall–Kier alpha value is -3.21. The fourth-order valence-corrected chi connectivity index (χ4v) is 6.77. The number of amides is 2. The largest absolute Gasteiger partial charge is 0.463 e. The Balaban J connectivity index is 1.65. The second-order valence-corrected chi connectivity index (χ2v) is 12.3. The summed E-state index contributed by atoms with van der Waals surface area (Å²) in [6, 6.07) is 15.5. The van der Waals surface area contributed by atoms with E-state index in [2.05, 4.69) is 24.1 Å². The molecule has 4 rings (SSSR count). The molecule has 2 aromatic carbocycles. The number of ether oxygens (including phenoxy) is 1.